The highest BCUT2D eigenvalue weighted by atomic mass is 35.5. The molecule has 0 radical (unpaired) electrons. The lowest BCUT2D eigenvalue weighted by Gasteiger charge is -2.10. The lowest BCUT2D eigenvalue weighted by Crippen LogP contribution is -2.15. The minimum atomic E-state index is 0.459. The highest BCUT2D eigenvalue weighted by molar-refractivity contribution is 6.30. The topological polar surface area (TPSA) is 39.7 Å². The average molecular weight is 453 g/mol. The SMILES string of the molecule is COc1ccc(-n2c(-c3ccccc3)c(-c3ccccc3)oc2=Nc2ccc(Cl)cc2)cc1. The van der Waals surface area contributed by atoms with E-state index in [9.17, 15) is 0 Å². The highest BCUT2D eigenvalue weighted by Gasteiger charge is 2.20. The van der Waals surface area contributed by atoms with E-state index in [0.29, 0.717) is 10.7 Å². The second kappa shape index (κ2) is 9.23. The second-order valence-corrected chi connectivity index (χ2v) is 7.85. The second-order valence-electron chi connectivity index (χ2n) is 7.42. The molecule has 0 amide bonds. The van der Waals surface area contributed by atoms with Crippen molar-refractivity contribution in [3.8, 4) is 34.0 Å². The highest BCUT2D eigenvalue weighted by Crippen LogP contribution is 2.34. The molecule has 0 aliphatic rings. The molecule has 0 fully saturated rings. The van der Waals surface area contributed by atoms with E-state index in [1.54, 1.807) is 7.11 Å². The smallest absolute Gasteiger partial charge is 0.307 e. The zero-order valence-electron chi connectivity index (χ0n) is 18.0. The zero-order chi connectivity index (χ0) is 22.6. The Morgan fingerprint density at radius 3 is 1.94 bits per heavy atom. The number of nitrogens with zero attached hydrogens (tertiary/aromatic N) is 2. The number of oxazole rings is 1. The van der Waals surface area contributed by atoms with Crippen molar-refractivity contribution in [1.82, 2.24) is 4.57 Å². The van der Waals surface area contributed by atoms with Gasteiger partial charge < -0.3 is 9.15 Å². The number of methoxy groups -OCH3 is 1. The van der Waals surface area contributed by atoms with Gasteiger partial charge >= 0.3 is 5.68 Å². The quantitative estimate of drug-likeness (QED) is 0.280. The maximum absolute atomic E-state index is 6.46. The van der Waals surface area contributed by atoms with Gasteiger partial charge in [-0.15, -0.1) is 0 Å². The fourth-order valence-corrected chi connectivity index (χ4v) is 3.82. The third-order valence-electron chi connectivity index (χ3n) is 5.29. The fourth-order valence-electron chi connectivity index (χ4n) is 3.69. The Morgan fingerprint density at radius 2 is 1.33 bits per heavy atom. The summed E-state index contributed by atoms with van der Waals surface area (Å²) in [5.41, 5.74) is 5.02. The van der Waals surface area contributed by atoms with Crippen LogP contribution in [0.3, 0.4) is 0 Å². The lowest BCUT2D eigenvalue weighted by molar-refractivity contribution is 0.414. The molecule has 1 aromatic heterocycles. The Kier molecular flexibility index (Phi) is 5.83. The third kappa shape index (κ3) is 4.34. The largest absolute Gasteiger partial charge is 0.497 e. The molecule has 0 aliphatic heterocycles. The predicted octanol–water partition coefficient (Wildman–Crippen LogP) is 7.30. The summed E-state index contributed by atoms with van der Waals surface area (Å²) in [6.45, 7) is 0. The molecular weight excluding hydrogens is 432 g/mol. The first-order chi connectivity index (χ1) is 16.2. The molecule has 162 valence electrons. The molecule has 0 atom stereocenters. The Labute approximate surface area is 197 Å². The van der Waals surface area contributed by atoms with Crippen LogP contribution in [0.4, 0.5) is 5.69 Å². The molecule has 1 heterocycles. The maximum atomic E-state index is 6.46. The molecule has 0 unspecified atom stereocenters. The van der Waals surface area contributed by atoms with E-state index in [0.717, 1.165) is 39.7 Å². The number of hydrogen-bond acceptors (Lipinski definition) is 3. The Balaban J connectivity index is 1.85. The van der Waals surface area contributed by atoms with Crippen LogP contribution < -0.4 is 10.4 Å². The normalized spacial score (nSPS) is 11.5. The first-order valence-corrected chi connectivity index (χ1v) is 10.9. The van der Waals surface area contributed by atoms with Gasteiger partial charge in [0.05, 0.1) is 18.5 Å². The lowest BCUT2D eigenvalue weighted by atomic mass is 10.1. The summed E-state index contributed by atoms with van der Waals surface area (Å²) < 4.78 is 13.9. The summed E-state index contributed by atoms with van der Waals surface area (Å²) in [5, 5.41) is 0.659. The third-order valence-corrected chi connectivity index (χ3v) is 5.54. The van der Waals surface area contributed by atoms with E-state index >= 15 is 0 Å². The van der Waals surface area contributed by atoms with Crippen LogP contribution in [-0.4, -0.2) is 11.7 Å². The van der Waals surface area contributed by atoms with Crippen molar-refractivity contribution in [2.24, 2.45) is 4.99 Å². The van der Waals surface area contributed by atoms with Crippen LogP contribution in [0.15, 0.2) is 119 Å². The van der Waals surface area contributed by atoms with Crippen molar-refractivity contribution in [3.63, 3.8) is 0 Å². The monoisotopic (exact) mass is 452 g/mol. The Hall–Kier alpha value is -4.02. The molecule has 0 saturated heterocycles. The number of aromatic nitrogens is 1. The van der Waals surface area contributed by atoms with Crippen LogP contribution in [0.2, 0.25) is 5.02 Å². The molecule has 0 saturated carbocycles. The molecule has 4 aromatic carbocycles. The van der Waals surface area contributed by atoms with Crippen LogP contribution >= 0.6 is 11.6 Å². The van der Waals surface area contributed by atoms with E-state index in [-0.39, 0.29) is 0 Å². The summed E-state index contributed by atoms with van der Waals surface area (Å²) >= 11 is 6.08. The summed E-state index contributed by atoms with van der Waals surface area (Å²) in [5.74, 6) is 1.52. The van der Waals surface area contributed by atoms with Gasteiger partial charge in [-0.05, 0) is 48.5 Å². The van der Waals surface area contributed by atoms with Crippen LogP contribution in [0, 0.1) is 0 Å². The average Bonchev–Trinajstić information content (AvgIpc) is 3.25. The summed E-state index contributed by atoms with van der Waals surface area (Å²) in [7, 11) is 1.66. The van der Waals surface area contributed by atoms with Crippen molar-refractivity contribution in [2.45, 2.75) is 0 Å². The molecule has 0 bridgehead atoms. The molecule has 0 aliphatic carbocycles. The van der Waals surface area contributed by atoms with Crippen molar-refractivity contribution in [2.75, 3.05) is 7.11 Å². The predicted molar refractivity (Wildman–Crippen MR) is 132 cm³/mol. The van der Waals surface area contributed by atoms with Crippen LogP contribution in [0.25, 0.3) is 28.3 Å². The molecule has 4 nitrogen and oxygen atoms in total. The number of hydrogen-bond donors (Lipinski definition) is 0. The summed E-state index contributed by atoms with van der Waals surface area (Å²) in [6.07, 6.45) is 0. The van der Waals surface area contributed by atoms with Gasteiger partial charge in [0.2, 0.25) is 0 Å². The molecule has 0 spiro atoms. The van der Waals surface area contributed by atoms with Crippen molar-refractivity contribution in [1.29, 1.82) is 0 Å². The Morgan fingerprint density at radius 1 is 0.727 bits per heavy atom. The van der Waals surface area contributed by atoms with Gasteiger partial charge in [0, 0.05) is 16.1 Å². The van der Waals surface area contributed by atoms with Crippen molar-refractivity contribution < 1.29 is 9.15 Å². The minimum Gasteiger partial charge on any atom is -0.497 e. The van der Waals surface area contributed by atoms with Gasteiger partial charge in [0.15, 0.2) is 5.76 Å². The fraction of sp³-hybridized carbons (Fsp3) is 0.0357. The Bertz CT molecular complexity index is 1420. The van der Waals surface area contributed by atoms with Gasteiger partial charge in [0.25, 0.3) is 0 Å². The van der Waals surface area contributed by atoms with E-state index in [1.807, 2.05) is 102 Å². The van der Waals surface area contributed by atoms with Gasteiger partial charge in [-0.1, -0.05) is 72.3 Å². The van der Waals surface area contributed by atoms with Crippen LogP contribution in [0.5, 0.6) is 5.75 Å². The number of halogens is 1. The number of rotatable bonds is 5. The first-order valence-electron chi connectivity index (χ1n) is 10.5. The maximum Gasteiger partial charge on any atom is 0.307 e. The van der Waals surface area contributed by atoms with Crippen LogP contribution in [-0.2, 0) is 0 Å². The molecular formula is C28H21ClN2O2. The summed E-state index contributed by atoms with van der Waals surface area (Å²) in [6, 6.07) is 35.5. The molecule has 33 heavy (non-hydrogen) atoms. The standard InChI is InChI=1S/C28H21ClN2O2/c1-32-25-18-16-24(17-19-25)31-26(20-8-4-2-5-9-20)27(21-10-6-3-7-11-21)33-28(31)30-23-14-12-22(29)13-15-23/h2-19H,1H3. The molecule has 5 aromatic rings. The molecule has 5 rings (SSSR count). The summed E-state index contributed by atoms with van der Waals surface area (Å²) in [4.78, 5) is 4.84. The van der Waals surface area contributed by atoms with Gasteiger partial charge in [-0.3, -0.25) is 4.57 Å². The van der Waals surface area contributed by atoms with E-state index in [1.165, 1.54) is 0 Å². The van der Waals surface area contributed by atoms with Crippen molar-refractivity contribution in [3.05, 3.63) is 120 Å². The van der Waals surface area contributed by atoms with E-state index < -0.39 is 0 Å². The van der Waals surface area contributed by atoms with Gasteiger partial charge in [-0.25, -0.2) is 0 Å². The van der Waals surface area contributed by atoms with Gasteiger partial charge in [-0.2, -0.15) is 4.99 Å². The molecule has 5 heteroatoms. The zero-order valence-corrected chi connectivity index (χ0v) is 18.7. The van der Waals surface area contributed by atoms with Crippen LogP contribution in [0.1, 0.15) is 0 Å². The minimum absolute atomic E-state index is 0.459. The van der Waals surface area contributed by atoms with Gasteiger partial charge in [0.1, 0.15) is 11.4 Å². The molecule has 0 N–H and O–H groups in total. The number of benzene rings is 4. The van der Waals surface area contributed by atoms with E-state index in [2.05, 4.69) is 12.1 Å². The van der Waals surface area contributed by atoms with Crippen molar-refractivity contribution >= 4 is 17.3 Å². The number of ether oxygens (including phenoxy) is 1. The van der Waals surface area contributed by atoms with E-state index in [4.69, 9.17) is 25.7 Å². The first kappa shape index (κ1) is 20.9.